The molecule has 1 aliphatic heterocycles. The van der Waals surface area contributed by atoms with Crippen molar-refractivity contribution in [2.75, 3.05) is 0 Å². The van der Waals surface area contributed by atoms with Crippen molar-refractivity contribution in [1.29, 1.82) is 0 Å². The number of nitrogens with zero attached hydrogens (tertiary/aromatic N) is 1. The molecule has 0 saturated carbocycles. The third-order valence-corrected chi connectivity index (χ3v) is 3.52. The summed E-state index contributed by atoms with van der Waals surface area (Å²) in [4.78, 5) is 24.7. The van der Waals surface area contributed by atoms with Gasteiger partial charge in [0.25, 0.3) is 5.56 Å². The van der Waals surface area contributed by atoms with E-state index in [1.807, 2.05) is 0 Å². The largest absolute Gasteiger partial charge is 0.485 e. The summed E-state index contributed by atoms with van der Waals surface area (Å²) in [5.41, 5.74) is -1.06. The van der Waals surface area contributed by atoms with Crippen LogP contribution in [-0.2, 0) is 9.47 Å². The Morgan fingerprint density at radius 2 is 2.42 bits per heavy atom. The molecule has 2 rings (SSSR count). The summed E-state index contributed by atoms with van der Waals surface area (Å²) in [6, 6.07) is 1.22. The zero-order valence-electron chi connectivity index (χ0n) is 9.86. The second-order valence-electron chi connectivity index (χ2n) is 4.03. The predicted octanol–water partition coefficient (Wildman–Crippen LogP) is 0.0661. The standard InChI is InChI=1S/C11H13BrN2O5/c1-2-18-10(12)9-6(15)5-8(19-9)14-4-3-7(16)13-11(14)17/h2-4,6,8-10,15H,1,5H2,(H,13,16,17)/t6-,8-,9+,10?/m0/s1. The molecule has 0 aliphatic carbocycles. The molecule has 104 valence electrons. The number of hydrogen-bond donors (Lipinski definition) is 2. The van der Waals surface area contributed by atoms with Gasteiger partial charge < -0.3 is 14.6 Å². The number of aromatic amines is 1. The van der Waals surface area contributed by atoms with Crippen LogP contribution >= 0.6 is 15.9 Å². The third kappa shape index (κ3) is 2.96. The van der Waals surface area contributed by atoms with E-state index in [1.165, 1.54) is 23.1 Å². The minimum atomic E-state index is -0.798. The highest BCUT2D eigenvalue weighted by molar-refractivity contribution is 9.09. The number of rotatable bonds is 4. The first kappa shape index (κ1) is 14.0. The first-order valence-corrected chi connectivity index (χ1v) is 6.50. The van der Waals surface area contributed by atoms with Crippen molar-refractivity contribution in [2.45, 2.75) is 29.9 Å². The number of H-pyrrole nitrogens is 1. The molecule has 0 amide bonds. The Labute approximate surface area is 116 Å². The summed E-state index contributed by atoms with van der Waals surface area (Å²) >= 11 is 3.21. The molecule has 0 bridgehead atoms. The summed E-state index contributed by atoms with van der Waals surface area (Å²) in [6.45, 7) is 3.41. The molecule has 0 aromatic carbocycles. The normalized spacial score (nSPS) is 28.0. The number of alkyl halides is 1. The highest BCUT2D eigenvalue weighted by Gasteiger charge is 2.40. The summed E-state index contributed by atoms with van der Waals surface area (Å²) in [6.07, 6.45) is 0.694. The van der Waals surface area contributed by atoms with Crippen LogP contribution in [0.1, 0.15) is 12.6 Å². The van der Waals surface area contributed by atoms with E-state index < -0.39 is 34.7 Å². The van der Waals surface area contributed by atoms with Gasteiger partial charge in [0.1, 0.15) is 12.3 Å². The molecule has 1 aromatic heterocycles. The van der Waals surface area contributed by atoms with Crippen LogP contribution in [-0.4, -0.2) is 31.9 Å². The fourth-order valence-electron chi connectivity index (χ4n) is 1.91. The molecule has 0 radical (unpaired) electrons. The van der Waals surface area contributed by atoms with Crippen molar-refractivity contribution >= 4 is 15.9 Å². The van der Waals surface area contributed by atoms with Gasteiger partial charge in [-0.2, -0.15) is 0 Å². The van der Waals surface area contributed by atoms with Crippen molar-refractivity contribution in [3.63, 3.8) is 0 Å². The maximum atomic E-state index is 11.6. The fourth-order valence-corrected chi connectivity index (χ4v) is 2.54. The predicted molar refractivity (Wildman–Crippen MR) is 69.9 cm³/mol. The Hall–Kier alpha value is -1.38. The van der Waals surface area contributed by atoms with Gasteiger partial charge in [-0.25, -0.2) is 4.79 Å². The van der Waals surface area contributed by atoms with Crippen LogP contribution in [0.25, 0.3) is 0 Å². The zero-order chi connectivity index (χ0) is 14.0. The van der Waals surface area contributed by atoms with Crippen molar-refractivity contribution in [2.24, 2.45) is 0 Å². The summed E-state index contributed by atoms with van der Waals surface area (Å²) in [5.74, 6) is 0. The maximum Gasteiger partial charge on any atom is 0.330 e. The van der Waals surface area contributed by atoms with E-state index in [1.54, 1.807) is 0 Å². The summed E-state index contributed by atoms with van der Waals surface area (Å²) in [5, 5.41) is 9.34. The quantitative estimate of drug-likeness (QED) is 0.601. The molecule has 1 fully saturated rings. The van der Waals surface area contributed by atoms with Crippen LogP contribution in [0.2, 0.25) is 0 Å². The molecule has 8 heteroatoms. The Kier molecular flexibility index (Phi) is 4.23. The van der Waals surface area contributed by atoms with Gasteiger partial charge in [-0.3, -0.25) is 14.3 Å². The number of halogens is 1. The first-order chi connectivity index (χ1) is 9.02. The van der Waals surface area contributed by atoms with Crippen LogP contribution in [0, 0.1) is 0 Å². The van der Waals surface area contributed by atoms with Crippen LogP contribution in [0.3, 0.4) is 0 Å². The number of aliphatic hydroxyl groups is 1. The molecule has 1 aliphatic rings. The van der Waals surface area contributed by atoms with E-state index >= 15 is 0 Å². The highest BCUT2D eigenvalue weighted by atomic mass is 79.9. The number of ether oxygens (including phenoxy) is 2. The van der Waals surface area contributed by atoms with Crippen LogP contribution in [0.4, 0.5) is 0 Å². The smallest absolute Gasteiger partial charge is 0.330 e. The lowest BCUT2D eigenvalue weighted by atomic mass is 10.2. The summed E-state index contributed by atoms with van der Waals surface area (Å²) < 4.78 is 11.9. The fraction of sp³-hybridized carbons (Fsp3) is 0.455. The van der Waals surface area contributed by atoms with Gasteiger partial charge in [0, 0.05) is 18.7 Å². The topological polar surface area (TPSA) is 93.5 Å². The van der Waals surface area contributed by atoms with Gasteiger partial charge in [-0.1, -0.05) is 6.58 Å². The van der Waals surface area contributed by atoms with Crippen LogP contribution in [0.15, 0.2) is 34.7 Å². The Bertz CT molecular complexity index is 569. The molecule has 7 nitrogen and oxygen atoms in total. The molecule has 0 spiro atoms. The number of hydrogen-bond acceptors (Lipinski definition) is 5. The lowest BCUT2D eigenvalue weighted by Gasteiger charge is -2.20. The Morgan fingerprint density at radius 3 is 3.05 bits per heavy atom. The molecule has 19 heavy (non-hydrogen) atoms. The molecule has 1 saturated heterocycles. The van der Waals surface area contributed by atoms with Crippen molar-refractivity contribution in [3.8, 4) is 0 Å². The molecule has 2 N–H and O–H groups in total. The lowest BCUT2D eigenvalue weighted by molar-refractivity contribution is -0.0572. The maximum absolute atomic E-state index is 11.6. The minimum Gasteiger partial charge on any atom is -0.485 e. The minimum absolute atomic E-state index is 0.221. The zero-order valence-corrected chi connectivity index (χ0v) is 11.4. The van der Waals surface area contributed by atoms with Crippen molar-refractivity contribution in [1.82, 2.24) is 9.55 Å². The van der Waals surface area contributed by atoms with E-state index in [9.17, 15) is 14.7 Å². The SMILES string of the molecule is C=COC(Br)[C@@H]1O[C@H](n2ccc(=O)[nH]c2=O)C[C@@H]1O. The van der Waals surface area contributed by atoms with Gasteiger partial charge in [0.15, 0.2) is 5.01 Å². The molecule has 2 heterocycles. The number of nitrogens with one attached hydrogen (secondary N) is 1. The Morgan fingerprint density at radius 1 is 1.68 bits per heavy atom. The van der Waals surface area contributed by atoms with Gasteiger partial charge in [0.2, 0.25) is 0 Å². The van der Waals surface area contributed by atoms with Crippen molar-refractivity contribution in [3.05, 3.63) is 45.9 Å². The van der Waals surface area contributed by atoms with E-state index in [0.29, 0.717) is 0 Å². The number of aliphatic hydroxyl groups excluding tert-OH is 1. The lowest BCUT2D eigenvalue weighted by Crippen LogP contribution is -2.33. The molecular weight excluding hydrogens is 320 g/mol. The van der Waals surface area contributed by atoms with Gasteiger partial charge in [-0.15, -0.1) is 0 Å². The summed E-state index contributed by atoms with van der Waals surface area (Å²) in [7, 11) is 0. The van der Waals surface area contributed by atoms with Gasteiger partial charge >= 0.3 is 5.69 Å². The van der Waals surface area contributed by atoms with Crippen LogP contribution < -0.4 is 11.2 Å². The molecule has 1 aromatic rings. The highest BCUT2D eigenvalue weighted by Crippen LogP contribution is 2.32. The Balaban J connectivity index is 2.18. The second kappa shape index (κ2) is 5.72. The first-order valence-electron chi connectivity index (χ1n) is 5.58. The van der Waals surface area contributed by atoms with Crippen molar-refractivity contribution < 1.29 is 14.6 Å². The van der Waals surface area contributed by atoms with Crippen LogP contribution in [0.5, 0.6) is 0 Å². The molecule has 1 unspecified atom stereocenters. The van der Waals surface area contributed by atoms with E-state index in [4.69, 9.17) is 9.47 Å². The van der Waals surface area contributed by atoms with Gasteiger partial charge in [-0.05, 0) is 15.9 Å². The molecule has 4 atom stereocenters. The van der Waals surface area contributed by atoms with E-state index in [2.05, 4.69) is 27.5 Å². The second-order valence-corrected chi connectivity index (χ2v) is 4.93. The van der Waals surface area contributed by atoms with Gasteiger partial charge in [0.05, 0.1) is 12.4 Å². The van der Waals surface area contributed by atoms with E-state index in [0.717, 1.165) is 0 Å². The average molecular weight is 333 g/mol. The molecular formula is C11H13BrN2O5. The third-order valence-electron chi connectivity index (χ3n) is 2.78. The monoisotopic (exact) mass is 332 g/mol. The van der Waals surface area contributed by atoms with E-state index in [-0.39, 0.29) is 6.42 Å². The average Bonchev–Trinajstić information content (AvgIpc) is 2.71. The number of aromatic nitrogens is 2.